The number of hydrogen-bond acceptors (Lipinski definition) is 2. The van der Waals surface area contributed by atoms with Crippen LogP contribution in [0.1, 0.15) is 20.8 Å². The Hall–Kier alpha value is -0.500. The van der Waals surface area contributed by atoms with Crippen molar-refractivity contribution in [1.29, 1.82) is 0 Å². The first-order valence-electron chi connectivity index (χ1n) is 2.61. The molecule has 0 aromatic rings. The summed E-state index contributed by atoms with van der Waals surface area (Å²) in [6.45, 7) is 6.03. The van der Waals surface area contributed by atoms with Gasteiger partial charge in [0.15, 0.2) is 0 Å². The average Bonchev–Trinajstić information content (AvgIpc) is 1.67. The van der Waals surface area contributed by atoms with E-state index in [-0.39, 0.29) is 0 Å². The quantitative estimate of drug-likeness (QED) is 0.550. The molecule has 0 amide bonds. The molecule has 0 spiro atoms. The predicted molar refractivity (Wildman–Crippen MR) is 34.2 cm³/mol. The van der Waals surface area contributed by atoms with Gasteiger partial charge in [-0.1, -0.05) is 5.57 Å². The van der Waals surface area contributed by atoms with Gasteiger partial charge in [0.25, 0.3) is 0 Å². The molecule has 8 heavy (non-hydrogen) atoms. The SMILES string of the molecule is CONC(C)=C(C)C. The van der Waals surface area contributed by atoms with Crippen molar-refractivity contribution in [2.45, 2.75) is 20.8 Å². The van der Waals surface area contributed by atoms with E-state index in [0.29, 0.717) is 0 Å². The van der Waals surface area contributed by atoms with Crippen molar-refractivity contribution in [1.82, 2.24) is 5.48 Å². The third-order valence-electron chi connectivity index (χ3n) is 1.01. The van der Waals surface area contributed by atoms with Crippen molar-refractivity contribution < 1.29 is 4.84 Å². The Morgan fingerprint density at radius 3 is 1.88 bits per heavy atom. The summed E-state index contributed by atoms with van der Waals surface area (Å²) >= 11 is 0. The third-order valence-corrected chi connectivity index (χ3v) is 1.01. The van der Waals surface area contributed by atoms with Crippen LogP contribution in [0.4, 0.5) is 0 Å². The molecule has 0 saturated carbocycles. The van der Waals surface area contributed by atoms with Gasteiger partial charge in [-0.15, -0.1) is 0 Å². The van der Waals surface area contributed by atoms with E-state index in [1.807, 2.05) is 20.8 Å². The lowest BCUT2D eigenvalue weighted by molar-refractivity contribution is 0.117. The monoisotopic (exact) mass is 115 g/mol. The van der Waals surface area contributed by atoms with Gasteiger partial charge in [-0.3, -0.25) is 10.3 Å². The highest BCUT2D eigenvalue weighted by Gasteiger charge is 1.85. The van der Waals surface area contributed by atoms with Crippen molar-refractivity contribution >= 4 is 0 Å². The maximum Gasteiger partial charge on any atom is 0.0636 e. The Bertz CT molecular complexity index is 92.7. The van der Waals surface area contributed by atoms with E-state index in [2.05, 4.69) is 10.3 Å². The molecule has 2 nitrogen and oxygen atoms in total. The van der Waals surface area contributed by atoms with E-state index in [1.165, 1.54) is 5.57 Å². The number of nitrogens with one attached hydrogen (secondary N) is 1. The van der Waals surface area contributed by atoms with Crippen LogP contribution in [0.15, 0.2) is 11.3 Å². The summed E-state index contributed by atoms with van der Waals surface area (Å²) in [5.41, 5.74) is 5.04. The maximum atomic E-state index is 4.66. The summed E-state index contributed by atoms with van der Waals surface area (Å²) in [7, 11) is 1.60. The highest BCUT2D eigenvalue weighted by molar-refractivity contribution is 5.02. The van der Waals surface area contributed by atoms with E-state index in [0.717, 1.165) is 5.70 Å². The van der Waals surface area contributed by atoms with E-state index in [1.54, 1.807) is 7.11 Å². The van der Waals surface area contributed by atoms with Crippen molar-refractivity contribution in [3.63, 3.8) is 0 Å². The van der Waals surface area contributed by atoms with Gasteiger partial charge in [-0.25, -0.2) is 0 Å². The van der Waals surface area contributed by atoms with Crippen LogP contribution in [-0.2, 0) is 4.84 Å². The molecule has 0 heterocycles. The lowest BCUT2D eigenvalue weighted by Gasteiger charge is -2.02. The van der Waals surface area contributed by atoms with Crippen LogP contribution in [0.2, 0.25) is 0 Å². The minimum absolute atomic E-state index is 1.08. The molecule has 0 aliphatic rings. The molecular formula is C6H13NO. The van der Waals surface area contributed by atoms with Crippen LogP contribution in [0.3, 0.4) is 0 Å². The molecular weight excluding hydrogens is 102 g/mol. The van der Waals surface area contributed by atoms with Gasteiger partial charge in [-0.05, 0) is 20.8 Å². The first kappa shape index (κ1) is 7.50. The van der Waals surface area contributed by atoms with Gasteiger partial charge in [0.2, 0.25) is 0 Å². The molecule has 1 N–H and O–H groups in total. The molecule has 0 aromatic carbocycles. The van der Waals surface area contributed by atoms with Crippen molar-refractivity contribution in [3.05, 3.63) is 11.3 Å². The standard InChI is InChI=1S/C6H13NO/c1-5(2)6(3)7-8-4/h7H,1-4H3. The molecule has 0 aromatic heterocycles. The largest absolute Gasteiger partial charge is 0.280 e. The number of allylic oxidation sites excluding steroid dienone is 2. The summed E-state index contributed by atoms with van der Waals surface area (Å²) in [4.78, 5) is 4.66. The van der Waals surface area contributed by atoms with Crippen LogP contribution in [0.25, 0.3) is 0 Å². The zero-order valence-corrected chi connectivity index (χ0v) is 5.91. The highest BCUT2D eigenvalue weighted by atomic mass is 16.6. The molecule has 0 fully saturated rings. The average molecular weight is 115 g/mol. The summed E-state index contributed by atoms with van der Waals surface area (Å²) < 4.78 is 0. The van der Waals surface area contributed by atoms with Crippen LogP contribution < -0.4 is 5.48 Å². The van der Waals surface area contributed by atoms with Crippen molar-refractivity contribution in [3.8, 4) is 0 Å². The van der Waals surface area contributed by atoms with E-state index in [9.17, 15) is 0 Å². The summed E-state index contributed by atoms with van der Waals surface area (Å²) in [5, 5.41) is 0. The van der Waals surface area contributed by atoms with E-state index in [4.69, 9.17) is 0 Å². The van der Waals surface area contributed by atoms with Gasteiger partial charge < -0.3 is 0 Å². The molecule has 0 atom stereocenters. The molecule has 0 bridgehead atoms. The second-order valence-corrected chi connectivity index (χ2v) is 1.93. The van der Waals surface area contributed by atoms with Crippen LogP contribution >= 0.6 is 0 Å². The Kier molecular flexibility index (Phi) is 3.28. The fourth-order valence-corrected chi connectivity index (χ4v) is 0.255. The topological polar surface area (TPSA) is 21.3 Å². The molecule has 0 aliphatic heterocycles. The number of hydrogen-bond donors (Lipinski definition) is 1. The minimum atomic E-state index is 1.08. The maximum absolute atomic E-state index is 4.66. The molecule has 48 valence electrons. The first-order chi connectivity index (χ1) is 3.68. The number of rotatable bonds is 2. The minimum Gasteiger partial charge on any atom is -0.280 e. The number of hydroxylamine groups is 1. The van der Waals surface area contributed by atoms with Crippen LogP contribution in [0.5, 0.6) is 0 Å². The fourth-order valence-electron chi connectivity index (χ4n) is 0.255. The van der Waals surface area contributed by atoms with Gasteiger partial charge >= 0.3 is 0 Å². The molecule has 0 unspecified atom stereocenters. The second kappa shape index (κ2) is 3.50. The second-order valence-electron chi connectivity index (χ2n) is 1.93. The first-order valence-corrected chi connectivity index (χ1v) is 2.61. The zero-order valence-electron chi connectivity index (χ0n) is 5.91. The molecule has 0 aliphatic carbocycles. The lowest BCUT2D eigenvalue weighted by Crippen LogP contribution is -2.09. The van der Waals surface area contributed by atoms with Crippen LogP contribution in [-0.4, -0.2) is 7.11 Å². The van der Waals surface area contributed by atoms with Gasteiger partial charge in [0.1, 0.15) is 0 Å². The molecule has 0 saturated heterocycles. The van der Waals surface area contributed by atoms with E-state index >= 15 is 0 Å². The normalized spacial score (nSPS) is 8.50. The molecule has 0 radical (unpaired) electrons. The highest BCUT2D eigenvalue weighted by Crippen LogP contribution is 1.95. The summed E-state index contributed by atoms with van der Waals surface area (Å²) in [6.07, 6.45) is 0. The Labute approximate surface area is 50.5 Å². The smallest absolute Gasteiger partial charge is 0.0636 e. The van der Waals surface area contributed by atoms with Gasteiger partial charge in [0.05, 0.1) is 7.11 Å². The zero-order chi connectivity index (χ0) is 6.57. The summed E-state index contributed by atoms with van der Waals surface area (Å²) in [5.74, 6) is 0. The lowest BCUT2D eigenvalue weighted by atomic mass is 10.3. The van der Waals surface area contributed by atoms with Gasteiger partial charge in [-0.2, -0.15) is 0 Å². The third kappa shape index (κ3) is 2.64. The van der Waals surface area contributed by atoms with Crippen molar-refractivity contribution in [2.75, 3.05) is 7.11 Å². The van der Waals surface area contributed by atoms with Gasteiger partial charge in [0, 0.05) is 5.70 Å². The Morgan fingerprint density at radius 1 is 1.25 bits per heavy atom. The molecule has 2 heteroatoms. The Morgan fingerprint density at radius 2 is 1.75 bits per heavy atom. The molecule has 0 rings (SSSR count). The fraction of sp³-hybridized carbons (Fsp3) is 0.667. The van der Waals surface area contributed by atoms with E-state index < -0.39 is 0 Å². The Balaban J connectivity index is 3.62. The summed E-state index contributed by atoms with van der Waals surface area (Å²) in [6, 6.07) is 0. The predicted octanol–water partition coefficient (Wildman–Crippen LogP) is 1.45. The van der Waals surface area contributed by atoms with Crippen molar-refractivity contribution in [2.24, 2.45) is 0 Å². The van der Waals surface area contributed by atoms with Crippen LogP contribution in [0, 0.1) is 0 Å².